The lowest BCUT2D eigenvalue weighted by Gasteiger charge is -2.11. The van der Waals surface area contributed by atoms with Gasteiger partial charge in [0.25, 0.3) is 5.91 Å². The summed E-state index contributed by atoms with van der Waals surface area (Å²) in [6.45, 7) is 1.88. The zero-order chi connectivity index (χ0) is 17.8. The van der Waals surface area contributed by atoms with Crippen molar-refractivity contribution >= 4 is 29.1 Å². The first-order valence-corrected chi connectivity index (χ1v) is 8.11. The molecule has 0 heterocycles. The maximum absolute atomic E-state index is 11.6. The van der Waals surface area contributed by atoms with E-state index in [9.17, 15) is 9.59 Å². The second-order valence-electron chi connectivity index (χ2n) is 4.97. The number of methoxy groups -OCH3 is 1. The third kappa shape index (κ3) is 8.33. The number of hydrogen-bond acceptors (Lipinski definition) is 5. The van der Waals surface area contributed by atoms with Gasteiger partial charge in [0.15, 0.2) is 11.7 Å². The molecule has 24 heavy (non-hydrogen) atoms. The first-order valence-electron chi connectivity index (χ1n) is 7.70. The molecule has 0 aromatic heterocycles. The number of benzene rings is 1. The van der Waals surface area contributed by atoms with Crippen molar-refractivity contribution in [2.24, 2.45) is 0 Å². The van der Waals surface area contributed by atoms with Gasteiger partial charge >= 0.3 is 0 Å². The van der Waals surface area contributed by atoms with E-state index in [1.54, 1.807) is 31.4 Å². The SMILES string of the molecule is CCCCCC(=O)NC(=S)NNC(=O)COc1ccc(OC)cc1. The third-order valence-electron chi connectivity index (χ3n) is 3.01. The molecule has 3 N–H and O–H groups in total. The van der Waals surface area contributed by atoms with Gasteiger partial charge in [-0.3, -0.25) is 20.4 Å². The molecule has 0 saturated carbocycles. The minimum Gasteiger partial charge on any atom is -0.497 e. The number of rotatable bonds is 8. The van der Waals surface area contributed by atoms with Crippen LogP contribution in [0.25, 0.3) is 0 Å². The van der Waals surface area contributed by atoms with E-state index in [2.05, 4.69) is 23.1 Å². The summed E-state index contributed by atoms with van der Waals surface area (Å²) in [4.78, 5) is 23.2. The van der Waals surface area contributed by atoms with E-state index in [0.29, 0.717) is 17.9 Å². The van der Waals surface area contributed by atoms with Crippen LogP contribution in [0.1, 0.15) is 32.6 Å². The van der Waals surface area contributed by atoms with Crippen molar-refractivity contribution in [2.75, 3.05) is 13.7 Å². The van der Waals surface area contributed by atoms with Crippen LogP contribution in [0.5, 0.6) is 11.5 Å². The van der Waals surface area contributed by atoms with Crippen molar-refractivity contribution in [3.05, 3.63) is 24.3 Å². The number of thiocarbonyl (C=S) groups is 1. The Labute approximate surface area is 147 Å². The Balaban J connectivity index is 2.20. The van der Waals surface area contributed by atoms with Crippen LogP contribution in [0.3, 0.4) is 0 Å². The molecule has 0 aliphatic rings. The number of unbranched alkanes of at least 4 members (excludes halogenated alkanes) is 2. The van der Waals surface area contributed by atoms with E-state index in [1.807, 2.05) is 0 Å². The van der Waals surface area contributed by atoms with Gasteiger partial charge in [-0.05, 0) is 42.9 Å². The van der Waals surface area contributed by atoms with Crippen molar-refractivity contribution in [3.63, 3.8) is 0 Å². The summed E-state index contributed by atoms with van der Waals surface area (Å²) in [5, 5.41) is 2.54. The highest BCUT2D eigenvalue weighted by atomic mass is 32.1. The fourth-order valence-corrected chi connectivity index (χ4v) is 1.90. The van der Waals surface area contributed by atoms with Crippen LogP contribution in [0, 0.1) is 0 Å². The maximum atomic E-state index is 11.6. The van der Waals surface area contributed by atoms with Crippen molar-refractivity contribution in [3.8, 4) is 11.5 Å². The minimum absolute atomic E-state index is 0.0503. The average molecular weight is 353 g/mol. The molecule has 132 valence electrons. The molecular weight excluding hydrogens is 330 g/mol. The Morgan fingerprint density at radius 1 is 1.04 bits per heavy atom. The van der Waals surface area contributed by atoms with E-state index in [1.165, 1.54) is 0 Å². The second kappa shape index (κ2) is 11.2. The van der Waals surface area contributed by atoms with Gasteiger partial charge in [-0.15, -0.1) is 0 Å². The molecule has 1 rings (SSSR count). The molecule has 0 spiro atoms. The predicted octanol–water partition coefficient (Wildman–Crippen LogP) is 1.68. The normalized spacial score (nSPS) is 9.75. The topological polar surface area (TPSA) is 88.7 Å². The summed E-state index contributed by atoms with van der Waals surface area (Å²) in [5.41, 5.74) is 4.81. The molecule has 7 nitrogen and oxygen atoms in total. The van der Waals surface area contributed by atoms with Crippen molar-refractivity contribution in [2.45, 2.75) is 32.6 Å². The zero-order valence-electron chi connectivity index (χ0n) is 13.9. The third-order valence-corrected chi connectivity index (χ3v) is 3.21. The molecule has 0 unspecified atom stereocenters. The Bertz CT molecular complexity index is 549. The smallest absolute Gasteiger partial charge is 0.276 e. The van der Waals surface area contributed by atoms with E-state index in [4.69, 9.17) is 21.7 Å². The molecule has 1 aromatic rings. The number of carbonyl (C=O) groups excluding carboxylic acids is 2. The van der Waals surface area contributed by atoms with Crippen molar-refractivity contribution in [1.29, 1.82) is 0 Å². The van der Waals surface area contributed by atoms with Gasteiger partial charge in [0, 0.05) is 6.42 Å². The van der Waals surface area contributed by atoms with Crippen LogP contribution in [0.15, 0.2) is 24.3 Å². The predicted molar refractivity (Wildman–Crippen MR) is 94.7 cm³/mol. The van der Waals surface area contributed by atoms with Gasteiger partial charge in [-0.25, -0.2) is 0 Å². The largest absolute Gasteiger partial charge is 0.497 e. The minimum atomic E-state index is -0.423. The monoisotopic (exact) mass is 353 g/mol. The van der Waals surface area contributed by atoms with Crippen LogP contribution in [-0.2, 0) is 9.59 Å². The van der Waals surface area contributed by atoms with E-state index < -0.39 is 5.91 Å². The van der Waals surface area contributed by atoms with Gasteiger partial charge in [-0.1, -0.05) is 19.8 Å². The van der Waals surface area contributed by atoms with Crippen LogP contribution in [-0.4, -0.2) is 30.6 Å². The summed E-state index contributed by atoms with van der Waals surface area (Å²) in [7, 11) is 1.57. The summed E-state index contributed by atoms with van der Waals surface area (Å²) in [5.74, 6) is 0.643. The molecule has 0 atom stereocenters. The fourth-order valence-electron chi connectivity index (χ4n) is 1.74. The lowest BCUT2D eigenvalue weighted by molar-refractivity contribution is -0.124. The fraction of sp³-hybridized carbons (Fsp3) is 0.438. The van der Waals surface area contributed by atoms with Crippen LogP contribution in [0.4, 0.5) is 0 Å². The standard InChI is InChI=1S/C16H23N3O4S/c1-3-4-5-6-14(20)17-16(24)19-18-15(21)11-23-13-9-7-12(22-2)8-10-13/h7-10H,3-6,11H2,1-2H3,(H,18,21)(H2,17,19,20,24). The molecule has 2 amide bonds. The molecular formula is C16H23N3O4S. The number of hydrazine groups is 1. The zero-order valence-corrected chi connectivity index (χ0v) is 14.7. The van der Waals surface area contributed by atoms with Crippen molar-refractivity contribution in [1.82, 2.24) is 16.2 Å². The number of amides is 2. The molecule has 1 aromatic carbocycles. The van der Waals surface area contributed by atoms with Gasteiger partial charge < -0.3 is 14.8 Å². The highest BCUT2D eigenvalue weighted by Crippen LogP contribution is 2.16. The lowest BCUT2D eigenvalue weighted by atomic mass is 10.2. The Hall–Kier alpha value is -2.35. The quantitative estimate of drug-likeness (QED) is 0.374. The molecule has 0 bridgehead atoms. The molecule has 0 aliphatic carbocycles. The molecule has 0 fully saturated rings. The highest BCUT2D eigenvalue weighted by Gasteiger charge is 2.06. The summed E-state index contributed by atoms with van der Waals surface area (Å²) < 4.78 is 10.3. The van der Waals surface area contributed by atoms with Gasteiger partial charge in [0.1, 0.15) is 11.5 Å². The molecule has 0 saturated heterocycles. The Kier molecular flexibility index (Phi) is 9.21. The van der Waals surface area contributed by atoms with Crippen molar-refractivity contribution < 1.29 is 19.1 Å². The molecule has 8 heteroatoms. The maximum Gasteiger partial charge on any atom is 0.276 e. The van der Waals surface area contributed by atoms with E-state index in [0.717, 1.165) is 19.3 Å². The second-order valence-corrected chi connectivity index (χ2v) is 5.38. The Morgan fingerprint density at radius 2 is 1.71 bits per heavy atom. The van der Waals surface area contributed by atoms with Gasteiger partial charge in [-0.2, -0.15) is 0 Å². The van der Waals surface area contributed by atoms with Crippen LogP contribution < -0.4 is 25.6 Å². The summed E-state index contributed by atoms with van der Waals surface area (Å²) in [6.07, 6.45) is 3.25. The number of ether oxygens (including phenoxy) is 2. The number of carbonyl (C=O) groups is 2. The summed E-state index contributed by atoms with van der Waals surface area (Å²) >= 11 is 4.92. The van der Waals surface area contributed by atoms with Gasteiger partial charge in [0.05, 0.1) is 7.11 Å². The van der Waals surface area contributed by atoms with Crippen LogP contribution >= 0.6 is 12.2 Å². The van der Waals surface area contributed by atoms with E-state index >= 15 is 0 Å². The average Bonchev–Trinajstić information content (AvgIpc) is 2.58. The Morgan fingerprint density at radius 3 is 2.33 bits per heavy atom. The number of hydrogen-bond donors (Lipinski definition) is 3. The number of nitrogens with one attached hydrogen (secondary N) is 3. The van der Waals surface area contributed by atoms with Crippen LogP contribution in [0.2, 0.25) is 0 Å². The van der Waals surface area contributed by atoms with Gasteiger partial charge in [0.2, 0.25) is 5.91 Å². The molecule has 0 aliphatic heterocycles. The lowest BCUT2D eigenvalue weighted by Crippen LogP contribution is -2.49. The summed E-state index contributed by atoms with van der Waals surface area (Å²) in [6, 6.07) is 6.85. The first-order chi connectivity index (χ1) is 11.5. The molecule has 0 radical (unpaired) electrons. The van der Waals surface area contributed by atoms with E-state index in [-0.39, 0.29) is 17.6 Å². The highest BCUT2D eigenvalue weighted by molar-refractivity contribution is 7.80. The first kappa shape index (κ1) is 19.7.